The summed E-state index contributed by atoms with van der Waals surface area (Å²) < 4.78 is 0. The van der Waals surface area contributed by atoms with Gasteiger partial charge in [-0.25, -0.2) is 0 Å². The highest BCUT2D eigenvalue weighted by Crippen LogP contribution is 2.05. The van der Waals surface area contributed by atoms with E-state index in [4.69, 9.17) is 0 Å². The molecule has 0 radical (unpaired) electrons. The molecule has 0 saturated carbocycles. The molecule has 0 saturated heterocycles. The van der Waals surface area contributed by atoms with Crippen LogP contribution in [0.25, 0.3) is 0 Å². The Morgan fingerprint density at radius 2 is 1.71 bits per heavy atom. The molecular formula is C14H33N3. The maximum Gasteiger partial charge on any atom is 0.0194 e. The molecule has 0 aliphatic carbocycles. The largest absolute Gasteiger partial charge is 0.320 e. The zero-order chi connectivity index (χ0) is 13.1. The van der Waals surface area contributed by atoms with E-state index in [0.717, 1.165) is 13.1 Å². The first-order valence-corrected chi connectivity index (χ1v) is 7.15. The Bertz CT molecular complexity index is 160. The molecule has 0 aliphatic rings. The van der Waals surface area contributed by atoms with E-state index in [-0.39, 0.29) is 0 Å². The van der Waals surface area contributed by atoms with Crippen molar-refractivity contribution in [2.75, 3.05) is 47.3 Å². The van der Waals surface area contributed by atoms with Gasteiger partial charge in [-0.3, -0.25) is 4.90 Å². The van der Waals surface area contributed by atoms with E-state index in [1.165, 1.54) is 38.8 Å². The highest BCUT2D eigenvalue weighted by atomic mass is 15.2. The maximum absolute atomic E-state index is 3.20. The molecule has 0 aromatic rings. The van der Waals surface area contributed by atoms with Crippen molar-refractivity contribution in [1.82, 2.24) is 15.1 Å². The lowest BCUT2D eigenvalue weighted by Gasteiger charge is -2.29. The summed E-state index contributed by atoms with van der Waals surface area (Å²) in [5.41, 5.74) is 0. The standard InChI is InChI=1S/C14H33N3/c1-6-17(14(2)13-16(4)5)12-10-8-7-9-11-15-3/h14-15H,6-13H2,1-5H3. The molecule has 17 heavy (non-hydrogen) atoms. The number of unbranched alkanes of at least 4 members (excludes halogenated alkanes) is 3. The average Bonchev–Trinajstić information content (AvgIpc) is 2.27. The molecule has 0 aliphatic heterocycles. The van der Waals surface area contributed by atoms with Crippen LogP contribution in [0.5, 0.6) is 0 Å². The number of likely N-dealkylation sites (N-methyl/N-ethyl adjacent to an activating group) is 2. The minimum atomic E-state index is 0.673. The monoisotopic (exact) mass is 243 g/mol. The van der Waals surface area contributed by atoms with Crippen LogP contribution in [-0.2, 0) is 0 Å². The number of hydrogen-bond donors (Lipinski definition) is 1. The van der Waals surface area contributed by atoms with Crippen molar-refractivity contribution >= 4 is 0 Å². The van der Waals surface area contributed by atoms with Gasteiger partial charge in [-0.05, 0) is 60.5 Å². The Morgan fingerprint density at radius 1 is 1.06 bits per heavy atom. The van der Waals surface area contributed by atoms with Crippen molar-refractivity contribution in [2.45, 2.75) is 45.6 Å². The first-order valence-electron chi connectivity index (χ1n) is 7.15. The molecule has 0 spiro atoms. The van der Waals surface area contributed by atoms with Crippen molar-refractivity contribution in [3.05, 3.63) is 0 Å². The summed E-state index contributed by atoms with van der Waals surface area (Å²) >= 11 is 0. The maximum atomic E-state index is 3.20. The number of hydrogen-bond acceptors (Lipinski definition) is 3. The lowest BCUT2D eigenvalue weighted by Crippen LogP contribution is -2.40. The Balaban J connectivity index is 3.60. The van der Waals surface area contributed by atoms with Gasteiger partial charge in [-0.2, -0.15) is 0 Å². The van der Waals surface area contributed by atoms with Crippen molar-refractivity contribution in [1.29, 1.82) is 0 Å². The quantitative estimate of drug-likeness (QED) is 0.560. The average molecular weight is 243 g/mol. The molecule has 1 atom stereocenters. The van der Waals surface area contributed by atoms with E-state index in [2.05, 4.69) is 43.1 Å². The smallest absolute Gasteiger partial charge is 0.0194 e. The third kappa shape index (κ3) is 9.57. The van der Waals surface area contributed by atoms with Crippen LogP contribution in [0.3, 0.4) is 0 Å². The Hall–Kier alpha value is -0.120. The molecule has 1 unspecified atom stereocenters. The van der Waals surface area contributed by atoms with Crippen molar-refractivity contribution in [3.63, 3.8) is 0 Å². The summed E-state index contributed by atoms with van der Waals surface area (Å²) in [6.45, 7) is 9.36. The van der Waals surface area contributed by atoms with Crippen LogP contribution in [0.2, 0.25) is 0 Å². The van der Waals surface area contributed by atoms with Crippen LogP contribution in [0, 0.1) is 0 Å². The van der Waals surface area contributed by atoms with Gasteiger partial charge in [0.2, 0.25) is 0 Å². The molecule has 0 fully saturated rings. The minimum Gasteiger partial charge on any atom is -0.320 e. The summed E-state index contributed by atoms with van der Waals surface area (Å²) in [7, 11) is 6.34. The van der Waals surface area contributed by atoms with Crippen molar-refractivity contribution in [3.8, 4) is 0 Å². The van der Waals surface area contributed by atoms with Gasteiger partial charge in [0.05, 0.1) is 0 Å². The zero-order valence-corrected chi connectivity index (χ0v) is 12.6. The highest BCUT2D eigenvalue weighted by Gasteiger charge is 2.11. The van der Waals surface area contributed by atoms with Crippen molar-refractivity contribution in [2.24, 2.45) is 0 Å². The summed E-state index contributed by atoms with van der Waals surface area (Å²) in [6.07, 6.45) is 5.39. The van der Waals surface area contributed by atoms with Gasteiger partial charge in [0.15, 0.2) is 0 Å². The van der Waals surface area contributed by atoms with E-state index >= 15 is 0 Å². The molecule has 0 amide bonds. The fraction of sp³-hybridized carbons (Fsp3) is 1.00. The van der Waals surface area contributed by atoms with Gasteiger partial charge in [-0.15, -0.1) is 0 Å². The normalized spacial score (nSPS) is 13.6. The number of rotatable bonds is 11. The second-order valence-electron chi connectivity index (χ2n) is 5.26. The fourth-order valence-electron chi connectivity index (χ4n) is 2.30. The SMILES string of the molecule is CCN(CCCCCCNC)C(C)CN(C)C. The molecule has 0 aromatic heterocycles. The van der Waals surface area contributed by atoms with E-state index < -0.39 is 0 Å². The van der Waals surface area contributed by atoms with Gasteiger partial charge in [0.1, 0.15) is 0 Å². The lowest BCUT2D eigenvalue weighted by atomic mass is 10.1. The van der Waals surface area contributed by atoms with E-state index in [0.29, 0.717) is 6.04 Å². The summed E-state index contributed by atoms with van der Waals surface area (Å²) in [5, 5.41) is 3.20. The predicted molar refractivity (Wildman–Crippen MR) is 77.7 cm³/mol. The third-order valence-corrected chi connectivity index (χ3v) is 3.28. The van der Waals surface area contributed by atoms with Crippen molar-refractivity contribution < 1.29 is 0 Å². The van der Waals surface area contributed by atoms with Crippen LogP contribution in [0.4, 0.5) is 0 Å². The van der Waals surface area contributed by atoms with Gasteiger partial charge < -0.3 is 10.2 Å². The second kappa shape index (κ2) is 11.0. The molecule has 3 heteroatoms. The van der Waals surface area contributed by atoms with E-state index in [1.54, 1.807) is 0 Å². The molecular weight excluding hydrogens is 210 g/mol. The second-order valence-corrected chi connectivity index (χ2v) is 5.26. The topological polar surface area (TPSA) is 18.5 Å². The van der Waals surface area contributed by atoms with Crippen LogP contribution in [-0.4, -0.2) is 63.2 Å². The molecule has 0 bridgehead atoms. The van der Waals surface area contributed by atoms with Gasteiger partial charge in [-0.1, -0.05) is 19.8 Å². The first kappa shape index (κ1) is 16.9. The van der Waals surface area contributed by atoms with Gasteiger partial charge in [0.25, 0.3) is 0 Å². The van der Waals surface area contributed by atoms with Gasteiger partial charge in [0, 0.05) is 12.6 Å². The van der Waals surface area contributed by atoms with E-state index in [1.807, 2.05) is 7.05 Å². The Labute approximate surface area is 109 Å². The van der Waals surface area contributed by atoms with Crippen LogP contribution in [0.15, 0.2) is 0 Å². The molecule has 1 N–H and O–H groups in total. The predicted octanol–water partition coefficient (Wildman–Crippen LogP) is 2.04. The summed E-state index contributed by atoms with van der Waals surface area (Å²) in [6, 6.07) is 0.673. The molecule has 0 aromatic carbocycles. The molecule has 0 heterocycles. The third-order valence-electron chi connectivity index (χ3n) is 3.28. The number of nitrogens with zero attached hydrogens (tertiary/aromatic N) is 2. The summed E-state index contributed by atoms with van der Waals surface area (Å²) in [5.74, 6) is 0. The van der Waals surface area contributed by atoms with Crippen LogP contribution < -0.4 is 5.32 Å². The Morgan fingerprint density at radius 3 is 2.24 bits per heavy atom. The number of nitrogens with one attached hydrogen (secondary N) is 1. The first-order chi connectivity index (χ1) is 8.11. The van der Waals surface area contributed by atoms with Crippen LogP contribution in [0.1, 0.15) is 39.5 Å². The molecule has 3 nitrogen and oxygen atoms in total. The lowest BCUT2D eigenvalue weighted by molar-refractivity contribution is 0.178. The van der Waals surface area contributed by atoms with Gasteiger partial charge >= 0.3 is 0 Å². The van der Waals surface area contributed by atoms with Crippen LogP contribution >= 0.6 is 0 Å². The molecule has 104 valence electrons. The molecule has 0 rings (SSSR count). The zero-order valence-electron chi connectivity index (χ0n) is 12.6. The highest BCUT2D eigenvalue weighted by molar-refractivity contribution is 4.68. The van der Waals surface area contributed by atoms with E-state index in [9.17, 15) is 0 Å². The summed E-state index contributed by atoms with van der Waals surface area (Å²) in [4.78, 5) is 4.87. The minimum absolute atomic E-state index is 0.673. The Kier molecular flexibility index (Phi) is 10.9. The fourth-order valence-corrected chi connectivity index (χ4v) is 2.30.